The lowest BCUT2D eigenvalue weighted by molar-refractivity contribution is 0.0663. The van der Waals surface area contributed by atoms with Crippen molar-refractivity contribution in [3.05, 3.63) is 17.4 Å². The highest BCUT2D eigenvalue weighted by Crippen LogP contribution is 2.35. The third kappa shape index (κ3) is 2.01. The Hall–Kier alpha value is -1.02. The van der Waals surface area contributed by atoms with Gasteiger partial charge in [0.05, 0.1) is 0 Å². The molecule has 1 rings (SSSR count). The minimum Gasteiger partial charge on any atom is -0.475 e. The van der Waals surface area contributed by atoms with Gasteiger partial charge in [0.2, 0.25) is 5.76 Å². The highest BCUT2D eigenvalue weighted by atomic mass is 31.2. The molecule has 0 aliphatic heterocycles. The molecular formula is C8H11O4P. The molecular weight excluding hydrogens is 191 g/mol. The summed E-state index contributed by atoms with van der Waals surface area (Å²) in [6.07, 6.45) is 0. The fourth-order valence-electron chi connectivity index (χ4n) is 0.943. The Balaban J connectivity index is 3.25. The first-order valence-electron chi connectivity index (χ1n) is 3.71. The second-order valence-electron chi connectivity index (χ2n) is 3.25. The van der Waals surface area contributed by atoms with Crippen molar-refractivity contribution in [1.29, 1.82) is 0 Å². The number of hydrogen-bond donors (Lipinski definition) is 1. The largest absolute Gasteiger partial charge is 0.475 e. The Labute approximate surface area is 75.9 Å². The van der Waals surface area contributed by atoms with Crippen LogP contribution >= 0.6 is 7.14 Å². The molecule has 13 heavy (non-hydrogen) atoms. The maximum absolute atomic E-state index is 11.5. The SMILES string of the molecule is Cc1cc(P(C)(C)=O)oc1C(=O)O. The van der Waals surface area contributed by atoms with Gasteiger partial charge in [0.1, 0.15) is 7.14 Å². The highest BCUT2D eigenvalue weighted by molar-refractivity contribution is 7.69. The van der Waals surface area contributed by atoms with Gasteiger partial charge < -0.3 is 14.1 Å². The number of aryl methyl sites for hydroxylation is 1. The summed E-state index contributed by atoms with van der Waals surface area (Å²) >= 11 is 0. The number of carboxylic acid groups (broad SMARTS) is 1. The molecule has 1 aromatic heterocycles. The Morgan fingerprint density at radius 1 is 1.54 bits per heavy atom. The molecule has 1 heterocycles. The topological polar surface area (TPSA) is 67.5 Å². The van der Waals surface area contributed by atoms with E-state index in [1.54, 1.807) is 6.92 Å². The van der Waals surface area contributed by atoms with E-state index < -0.39 is 13.1 Å². The predicted octanol–water partition coefficient (Wildman–Crippen LogP) is 1.53. The van der Waals surface area contributed by atoms with Gasteiger partial charge in [-0.15, -0.1) is 0 Å². The molecule has 0 aliphatic rings. The molecule has 0 spiro atoms. The maximum Gasteiger partial charge on any atom is 0.372 e. The maximum atomic E-state index is 11.5. The van der Waals surface area contributed by atoms with E-state index >= 15 is 0 Å². The first kappa shape index (κ1) is 10.1. The molecule has 1 N–H and O–H groups in total. The zero-order valence-electron chi connectivity index (χ0n) is 7.70. The van der Waals surface area contributed by atoms with Crippen LogP contribution in [0.3, 0.4) is 0 Å². The summed E-state index contributed by atoms with van der Waals surface area (Å²) in [6.45, 7) is 4.69. The van der Waals surface area contributed by atoms with Crippen LogP contribution in [-0.2, 0) is 4.57 Å². The molecule has 0 bridgehead atoms. The van der Waals surface area contributed by atoms with Gasteiger partial charge in [0, 0.05) is 5.56 Å². The number of hydrogen-bond acceptors (Lipinski definition) is 3. The van der Waals surface area contributed by atoms with Gasteiger partial charge in [-0.25, -0.2) is 4.79 Å². The summed E-state index contributed by atoms with van der Waals surface area (Å²) < 4.78 is 16.5. The molecule has 1 aromatic rings. The lowest BCUT2D eigenvalue weighted by atomic mass is 10.3. The van der Waals surface area contributed by atoms with Crippen molar-refractivity contribution < 1.29 is 18.9 Å². The summed E-state index contributed by atoms with van der Waals surface area (Å²) in [4.78, 5) is 10.6. The van der Waals surface area contributed by atoms with E-state index in [-0.39, 0.29) is 11.3 Å². The van der Waals surface area contributed by atoms with Crippen molar-refractivity contribution in [1.82, 2.24) is 0 Å². The van der Waals surface area contributed by atoms with Crippen molar-refractivity contribution in [3.8, 4) is 0 Å². The zero-order valence-corrected chi connectivity index (χ0v) is 8.59. The Morgan fingerprint density at radius 3 is 2.31 bits per heavy atom. The predicted molar refractivity (Wildman–Crippen MR) is 49.5 cm³/mol. The van der Waals surface area contributed by atoms with Gasteiger partial charge in [-0.2, -0.15) is 0 Å². The number of rotatable bonds is 2. The van der Waals surface area contributed by atoms with E-state index in [0.29, 0.717) is 5.56 Å². The third-order valence-electron chi connectivity index (χ3n) is 1.63. The molecule has 5 heteroatoms. The molecule has 0 unspecified atom stereocenters. The normalized spacial score (nSPS) is 11.6. The highest BCUT2D eigenvalue weighted by Gasteiger charge is 2.21. The van der Waals surface area contributed by atoms with Crippen LogP contribution in [0.15, 0.2) is 10.5 Å². The molecule has 72 valence electrons. The molecule has 0 saturated carbocycles. The van der Waals surface area contributed by atoms with Gasteiger partial charge in [-0.3, -0.25) is 0 Å². The van der Waals surface area contributed by atoms with Gasteiger partial charge in [-0.1, -0.05) is 0 Å². The molecule has 0 fully saturated rings. The average molecular weight is 202 g/mol. The second kappa shape index (κ2) is 3.04. The molecule has 0 aliphatic carbocycles. The lowest BCUT2D eigenvalue weighted by Gasteiger charge is -1.99. The first-order chi connectivity index (χ1) is 5.82. The monoisotopic (exact) mass is 202 g/mol. The van der Waals surface area contributed by atoms with Crippen molar-refractivity contribution >= 4 is 18.6 Å². The number of furan rings is 1. The van der Waals surface area contributed by atoms with Gasteiger partial charge >= 0.3 is 5.97 Å². The van der Waals surface area contributed by atoms with E-state index in [4.69, 9.17) is 9.52 Å². The Morgan fingerprint density at radius 2 is 2.08 bits per heavy atom. The zero-order chi connectivity index (χ0) is 10.2. The van der Waals surface area contributed by atoms with Crippen LogP contribution in [0.5, 0.6) is 0 Å². The van der Waals surface area contributed by atoms with Crippen LogP contribution in [0.4, 0.5) is 0 Å². The van der Waals surface area contributed by atoms with Crippen molar-refractivity contribution in [3.63, 3.8) is 0 Å². The molecule has 0 aromatic carbocycles. The standard InChI is InChI=1S/C8H11O4P/c1-5-4-6(13(2,3)11)12-7(5)8(9)10/h4H,1-3H3,(H,9,10). The van der Waals surface area contributed by atoms with Crippen LogP contribution in [0.2, 0.25) is 0 Å². The Kier molecular flexibility index (Phi) is 2.35. The minimum atomic E-state index is -2.49. The summed E-state index contributed by atoms with van der Waals surface area (Å²) in [5, 5.41) is 8.66. The molecule has 0 radical (unpaired) electrons. The van der Waals surface area contributed by atoms with Crippen LogP contribution in [0.25, 0.3) is 0 Å². The number of carboxylic acids is 1. The van der Waals surface area contributed by atoms with Crippen LogP contribution < -0.4 is 5.50 Å². The van der Waals surface area contributed by atoms with E-state index in [0.717, 1.165) is 0 Å². The second-order valence-corrected chi connectivity index (χ2v) is 6.40. The average Bonchev–Trinajstić information content (AvgIpc) is 2.29. The summed E-state index contributed by atoms with van der Waals surface area (Å²) in [6, 6.07) is 1.52. The molecule has 0 atom stereocenters. The fraction of sp³-hybridized carbons (Fsp3) is 0.375. The molecule has 0 amide bonds. The van der Waals surface area contributed by atoms with E-state index in [9.17, 15) is 9.36 Å². The lowest BCUT2D eigenvalue weighted by Crippen LogP contribution is -1.99. The molecule has 4 nitrogen and oxygen atoms in total. The first-order valence-corrected chi connectivity index (χ1v) is 6.32. The van der Waals surface area contributed by atoms with Crippen LogP contribution in [0, 0.1) is 6.92 Å². The van der Waals surface area contributed by atoms with Crippen molar-refractivity contribution in [2.45, 2.75) is 6.92 Å². The number of aromatic carboxylic acids is 1. The third-order valence-corrected chi connectivity index (χ3v) is 2.91. The van der Waals surface area contributed by atoms with E-state index in [2.05, 4.69) is 0 Å². The summed E-state index contributed by atoms with van der Waals surface area (Å²) in [5.74, 6) is -1.25. The summed E-state index contributed by atoms with van der Waals surface area (Å²) in [7, 11) is -2.49. The smallest absolute Gasteiger partial charge is 0.372 e. The van der Waals surface area contributed by atoms with Gasteiger partial charge in [0.15, 0.2) is 5.50 Å². The quantitative estimate of drug-likeness (QED) is 0.738. The van der Waals surface area contributed by atoms with Crippen LogP contribution in [0.1, 0.15) is 16.1 Å². The fourth-order valence-corrected chi connectivity index (χ4v) is 1.76. The van der Waals surface area contributed by atoms with Crippen LogP contribution in [-0.4, -0.2) is 24.4 Å². The summed E-state index contributed by atoms with van der Waals surface area (Å²) in [5.41, 5.74) is 0.772. The van der Waals surface area contributed by atoms with E-state index in [1.807, 2.05) is 0 Å². The Bertz CT molecular complexity index is 385. The van der Waals surface area contributed by atoms with Crippen molar-refractivity contribution in [2.24, 2.45) is 0 Å². The van der Waals surface area contributed by atoms with Gasteiger partial charge in [0.25, 0.3) is 0 Å². The van der Waals surface area contributed by atoms with E-state index in [1.165, 1.54) is 19.4 Å². The number of carbonyl (C=O) groups is 1. The molecule has 0 saturated heterocycles. The van der Waals surface area contributed by atoms with Crippen molar-refractivity contribution in [2.75, 3.05) is 13.3 Å². The minimum absolute atomic E-state index is 0.126. The van der Waals surface area contributed by atoms with Gasteiger partial charge in [-0.05, 0) is 26.3 Å².